The van der Waals surface area contributed by atoms with Crippen LogP contribution >= 0.6 is 24.0 Å². The summed E-state index contributed by atoms with van der Waals surface area (Å²) in [5.41, 5.74) is 0. The van der Waals surface area contributed by atoms with Gasteiger partial charge in [-0.1, -0.05) is 20.3 Å². The molecule has 1 saturated heterocycles. The summed E-state index contributed by atoms with van der Waals surface area (Å²) in [6.45, 7) is 11.1. The number of ether oxygens (including phenoxy) is 1. The Labute approximate surface area is 192 Å². The van der Waals surface area contributed by atoms with Crippen LogP contribution in [0, 0.1) is 5.92 Å². The lowest BCUT2D eigenvalue weighted by Crippen LogP contribution is -2.44. The van der Waals surface area contributed by atoms with Gasteiger partial charge in [0.2, 0.25) is 0 Å². The number of aliphatic hydroxyl groups is 1. The second kappa shape index (κ2) is 15.0. The fourth-order valence-corrected chi connectivity index (χ4v) is 3.34. The first kappa shape index (κ1) is 26.2. The van der Waals surface area contributed by atoms with Crippen LogP contribution in [-0.2, 0) is 4.74 Å². The van der Waals surface area contributed by atoms with Gasteiger partial charge in [0.05, 0.1) is 31.6 Å². The van der Waals surface area contributed by atoms with E-state index in [0.717, 1.165) is 25.4 Å². The van der Waals surface area contributed by atoms with E-state index in [1.54, 1.807) is 6.26 Å². The summed E-state index contributed by atoms with van der Waals surface area (Å²) < 4.78 is 11.2. The molecule has 1 aliphatic heterocycles. The average Bonchev–Trinajstić information content (AvgIpc) is 3.21. The Morgan fingerprint density at radius 3 is 2.62 bits per heavy atom. The predicted molar refractivity (Wildman–Crippen MR) is 128 cm³/mol. The first-order valence-corrected chi connectivity index (χ1v) is 10.7. The van der Waals surface area contributed by atoms with Gasteiger partial charge >= 0.3 is 0 Å². The molecule has 7 nitrogen and oxygen atoms in total. The molecule has 0 radical (unpaired) electrons. The Morgan fingerprint density at radius 2 is 2.00 bits per heavy atom. The van der Waals surface area contributed by atoms with Gasteiger partial charge in [0.25, 0.3) is 0 Å². The van der Waals surface area contributed by atoms with Gasteiger partial charge in [-0.25, -0.2) is 0 Å². The maximum absolute atomic E-state index is 10.1. The second-order valence-corrected chi connectivity index (χ2v) is 7.81. The van der Waals surface area contributed by atoms with E-state index >= 15 is 0 Å². The number of halogens is 1. The Morgan fingerprint density at radius 1 is 1.24 bits per heavy atom. The molecule has 1 aromatic heterocycles. The highest BCUT2D eigenvalue weighted by molar-refractivity contribution is 14.0. The number of hydrogen-bond acceptors (Lipinski definition) is 5. The molecule has 0 aliphatic carbocycles. The number of nitrogens with zero attached hydrogens (tertiary/aromatic N) is 2. The minimum atomic E-state index is -0.600. The van der Waals surface area contributed by atoms with Crippen LogP contribution in [0.15, 0.2) is 27.8 Å². The summed E-state index contributed by atoms with van der Waals surface area (Å²) in [5, 5.41) is 16.8. The molecule has 29 heavy (non-hydrogen) atoms. The van der Waals surface area contributed by atoms with E-state index in [2.05, 4.69) is 34.4 Å². The number of nitrogens with one attached hydrogen (secondary N) is 2. The van der Waals surface area contributed by atoms with E-state index in [-0.39, 0.29) is 30.0 Å². The fourth-order valence-electron chi connectivity index (χ4n) is 3.34. The number of hydrogen-bond donors (Lipinski definition) is 3. The Bertz CT molecular complexity index is 548. The standard InChI is InChI=1S/C21H38N4O3.HI/c1-4-22-21(23-13-18(26)16-27-15-17(2)3)24-14-19(20-9-8-12-28-20)25-10-6-5-7-11-25;/h8-9,12,17-19,26H,4-7,10-11,13-16H2,1-3H3,(H2,22,23,24);1H. The third-order valence-corrected chi connectivity index (χ3v) is 4.73. The van der Waals surface area contributed by atoms with E-state index in [0.29, 0.717) is 38.2 Å². The van der Waals surface area contributed by atoms with Gasteiger partial charge in [0.15, 0.2) is 5.96 Å². The fraction of sp³-hybridized carbons (Fsp3) is 0.762. The molecule has 2 unspecified atom stereocenters. The zero-order chi connectivity index (χ0) is 20.2. The van der Waals surface area contributed by atoms with Crippen molar-refractivity contribution in [1.29, 1.82) is 0 Å². The van der Waals surface area contributed by atoms with Crippen LogP contribution in [0.2, 0.25) is 0 Å². The third kappa shape index (κ3) is 10.1. The maximum atomic E-state index is 10.1. The molecule has 0 saturated carbocycles. The van der Waals surface area contributed by atoms with Crippen LogP contribution in [0.3, 0.4) is 0 Å². The van der Waals surface area contributed by atoms with Crippen LogP contribution in [0.1, 0.15) is 51.8 Å². The van der Waals surface area contributed by atoms with Crippen molar-refractivity contribution >= 4 is 29.9 Å². The second-order valence-electron chi connectivity index (χ2n) is 7.81. The molecule has 1 fully saturated rings. The van der Waals surface area contributed by atoms with Crippen LogP contribution < -0.4 is 10.6 Å². The molecule has 8 heteroatoms. The monoisotopic (exact) mass is 522 g/mol. The zero-order valence-corrected chi connectivity index (χ0v) is 20.4. The molecule has 2 atom stereocenters. The van der Waals surface area contributed by atoms with Crippen molar-refractivity contribution < 1.29 is 14.3 Å². The number of aliphatic imine (C=N–C) groups is 1. The van der Waals surface area contributed by atoms with Crippen molar-refractivity contribution in [2.45, 2.75) is 52.2 Å². The van der Waals surface area contributed by atoms with Crippen molar-refractivity contribution in [3.05, 3.63) is 24.2 Å². The lowest BCUT2D eigenvalue weighted by atomic mass is 10.1. The van der Waals surface area contributed by atoms with E-state index in [9.17, 15) is 5.11 Å². The molecule has 0 spiro atoms. The number of furan rings is 1. The lowest BCUT2D eigenvalue weighted by molar-refractivity contribution is 0.0301. The van der Waals surface area contributed by atoms with Gasteiger partial charge in [0, 0.05) is 19.7 Å². The van der Waals surface area contributed by atoms with Crippen molar-refractivity contribution in [2.24, 2.45) is 10.9 Å². The first-order valence-electron chi connectivity index (χ1n) is 10.7. The molecule has 2 rings (SSSR count). The summed E-state index contributed by atoms with van der Waals surface area (Å²) in [4.78, 5) is 7.00. The topological polar surface area (TPSA) is 82.3 Å². The van der Waals surface area contributed by atoms with Gasteiger partial charge in [-0.15, -0.1) is 24.0 Å². The predicted octanol–water partition coefficient (Wildman–Crippen LogP) is 3.01. The van der Waals surface area contributed by atoms with E-state index in [1.165, 1.54) is 19.3 Å². The molecule has 168 valence electrons. The minimum Gasteiger partial charge on any atom is -0.468 e. The third-order valence-electron chi connectivity index (χ3n) is 4.73. The van der Waals surface area contributed by atoms with E-state index in [1.807, 2.05) is 19.1 Å². The number of guanidine groups is 1. The molecule has 0 aromatic carbocycles. The van der Waals surface area contributed by atoms with Crippen LogP contribution in [0.4, 0.5) is 0 Å². The molecule has 0 amide bonds. The number of aliphatic hydroxyl groups excluding tert-OH is 1. The van der Waals surface area contributed by atoms with Gasteiger partial charge in [-0.05, 0) is 50.9 Å². The smallest absolute Gasteiger partial charge is 0.191 e. The highest BCUT2D eigenvalue weighted by atomic mass is 127. The molecule has 3 N–H and O–H groups in total. The summed E-state index contributed by atoms with van der Waals surface area (Å²) >= 11 is 0. The molecule has 2 heterocycles. The van der Waals surface area contributed by atoms with Gasteiger partial charge < -0.3 is 24.9 Å². The highest BCUT2D eigenvalue weighted by Crippen LogP contribution is 2.24. The van der Waals surface area contributed by atoms with Crippen molar-refractivity contribution in [1.82, 2.24) is 15.5 Å². The summed E-state index contributed by atoms with van der Waals surface area (Å²) in [6, 6.07) is 4.17. The first-order chi connectivity index (χ1) is 13.6. The van der Waals surface area contributed by atoms with Crippen LogP contribution in [0.5, 0.6) is 0 Å². The van der Waals surface area contributed by atoms with E-state index < -0.39 is 6.10 Å². The summed E-state index contributed by atoms with van der Waals surface area (Å²) in [7, 11) is 0. The molecule has 0 bridgehead atoms. The number of likely N-dealkylation sites (tertiary alicyclic amines) is 1. The van der Waals surface area contributed by atoms with Crippen LogP contribution in [-0.4, -0.2) is 68.0 Å². The minimum absolute atomic E-state index is 0. The van der Waals surface area contributed by atoms with Crippen molar-refractivity contribution in [3.8, 4) is 0 Å². The van der Waals surface area contributed by atoms with Gasteiger partial charge in [-0.3, -0.25) is 9.89 Å². The Hall–Kier alpha value is -0.840. The Balaban J connectivity index is 0.00000420. The van der Waals surface area contributed by atoms with Crippen LogP contribution in [0.25, 0.3) is 0 Å². The van der Waals surface area contributed by atoms with Crippen molar-refractivity contribution in [3.63, 3.8) is 0 Å². The normalized spacial score (nSPS) is 17.6. The zero-order valence-electron chi connectivity index (χ0n) is 18.1. The molecular formula is C21H39IN4O3. The lowest BCUT2D eigenvalue weighted by Gasteiger charge is -2.33. The maximum Gasteiger partial charge on any atom is 0.191 e. The van der Waals surface area contributed by atoms with Crippen molar-refractivity contribution in [2.75, 3.05) is 45.9 Å². The van der Waals surface area contributed by atoms with Gasteiger partial charge in [-0.2, -0.15) is 0 Å². The quantitative estimate of drug-likeness (QED) is 0.236. The number of rotatable bonds is 11. The summed E-state index contributed by atoms with van der Waals surface area (Å²) in [5.74, 6) is 2.15. The molecule has 1 aromatic rings. The average molecular weight is 522 g/mol. The number of piperidine rings is 1. The van der Waals surface area contributed by atoms with Gasteiger partial charge in [0.1, 0.15) is 5.76 Å². The molecular weight excluding hydrogens is 483 g/mol. The largest absolute Gasteiger partial charge is 0.468 e. The summed E-state index contributed by atoms with van der Waals surface area (Å²) in [6.07, 6.45) is 4.90. The highest BCUT2D eigenvalue weighted by Gasteiger charge is 2.24. The SMILES string of the molecule is CCNC(=NCC(O)COCC(C)C)NCC(c1ccco1)N1CCCCC1.I. The Kier molecular flexibility index (Phi) is 13.6. The van der Waals surface area contributed by atoms with E-state index in [4.69, 9.17) is 9.15 Å². The molecule has 1 aliphatic rings.